The quantitative estimate of drug-likeness (QED) is 0.803. The molecule has 0 bridgehead atoms. The number of ether oxygens (including phenoxy) is 1. The maximum Gasteiger partial charge on any atom is 0.348 e. The van der Waals surface area contributed by atoms with Gasteiger partial charge in [-0.15, -0.1) is 11.3 Å². The SMILES string of the molecule is CCOC(=O)c1sc2[nH]c(=O)n(C(C)(C)C(=O)O)c(=O)c2c1C. The lowest BCUT2D eigenvalue weighted by Crippen LogP contribution is -2.50. The molecule has 0 amide bonds. The maximum absolute atomic E-state index is 12.6. The molecule has 0 aromatic carbocycles. The summed E-state index contributed by atoms with van der Waals surface area (Å²) in [6.07, 6.45) is 0. The number of nitrogens with one attached hydrogen (secondary N) is 1. The summed E-state index contributed by atoms with van der Waals surface area (Å²) >= 11 is 0.937. The maximum atomic E-state index is 12.6. The Balaban J connectivity index is 2.85. The first-order valence-electron chi connectivity index (χ1n) is 6.82. The minimum Gasteiger partial charge on any atom is -0.480 e. The van der Waals surface area contributed by atoms with Gasteiger partial charge in [-0.05, 0) is 33.3 Å². The first-order chi connectivity index (χ1) is 10.6. The Morgan fingerprint density at radius 2 is 1.96 bits per heavy atom. The molecular weight excluding hydrogens is 324 g/mol. The zero-order valence-corrected chi connectivity index (χ0v) is 13.9. The molecular formula is C14H16N2O6S. The van der Waals surface area contributed by atoms with Crippen molar-refractivity contribution >= 4 is 33.5 Å². The van der Waals surface area contributed by atoms with Crippen molar-refractivity contribution in [2.24, 2.45) is 0 Å². The second-order valence-electron chi connectivity index (χ2n) is 5.42. The van der Waals surface area contributed by atoms with E-state index in [2.05, 4.69) is 4.98 Å². The molecule has 0 radical (unpaired) electrons. The van der Waals surface area contributed by atoms with Crippen molar-refractivity contribution in [1.82, 2.24) is 9.55 Å². The number of hydrogen-bond donors (Lipinski definition) is 2. The number of thiophene rings is 1. The molecule has 2 rings (SSSR count). The number of rotatable bonds is 4. The highest BCUT2D eigenvalue weighted by molar-refractivity contribution is 7.20. The van der Waals surface area contributed by atoms with Crippen LogP contribution in [0, 0.1) is 6.92 Å². The molecule has 0 aliphatic heterocycles. The fourth-order valence-electron chi connectivity index (χ4n) is 2.21. The van der Waals surface area contributed by atoms with Crippen LogP contribution in [0.3, 0.4) is 0 Å². The van der Waals surface area contributed by atoms with Crippen molar-refractivity contribution in [1.29, 1.82) is 0 Å². The average Bonchev–Trinajstić information content (AvgIpc) is 2.75. The number of esters is 1. The lowest BCUT2D eigenvalue weighted by molar-refractivity contribution is -0.146. The van der Waals surface area contributed by atoms with Gasteiger partial charge in [0.25, 0.3) is 5.56 Å². The van der Waals surface area contributed by atoms with Crippen LogP contribution in [0.5, 0.6) is 0 Å². The topological polar surface area (TPSA) is 118 Å². The van der Waals surface area contributed by atoms with Crippen LogP contribution in [0.4, 0.5) is 0 Å². The van der Waals surface area contributed by atoms with E-state index < -0.39 is 28.7 Å². The van der Waals surface area contributed by atoms with Gasteiger partial charge in [0.05, 0.1) is 12.0 Å². The monoisotopic (exact) mass is 340 g/mol. The molecule has 0 aliphatic carbocycles. The molecule has 124 valence electrons. The molecule has 9 heteroatoms. The van der Waals surface area contributed by atoms with Gasteiger partial charge in [-0.1, -0.05) is 0 Å². The van der Waals surface area contributed by atoms with Crippen LogP contribution in [0.15, 0.2) is 9.59 Å². The van der Waals surface area contributed by atoms with Gasteiger partial charge in [-0.2, -0.15) is 0 Å². The summed E-state index contributed by atoms with van der Waals surface area (Å²) in [5.74, 6) is -1.90. The number of carbonyl (C=O) groups is 2. The third-order valence-corrected chi connectivity index (χ3v) is 4.72. The minimum atomic E-state index is -1.72. The Kier molecular flexibility index (Phi) is 4.16. The Morgan fingerprint density at radius 3 is 2.48 bits per heavy atom. The number of hydrogen-bond acceptors (Lipinski definition) is 6. The second kappa shape index (κ2) is 5.65. The highest BCUT2D eigenvalue weighted by atomic mass is 32.1. The average molecular weight is 340 g/mol. The van der Waals surface area contributed by atoms with Gasteiger partial charge in [0.1, 0.15) is 15.2 Å². The molecule has 2 aromatic rings. The van der Waals surface area contributed by atoms with E-state index in [0.29, 0.717) is 10.1 Å². The van der Waals surface area contributed by atoms with Crippen LogP contribution < -0.4 is 11.2 Å². The summed E-state index contributed by atoms with van der Waals surface area (Å²) in [5.41, 5.74) is -2.95. The van der Waals surface area contributed by atoms with E-state index in [9.17, 15) is 24.3 Å². The van der Waals surface area contributed by atoms with Gasteiger partial charge in [0.2, 0.25) is 0 Å². The first-order valence-corrected chi connectivity index (χ1v) is 7.64. The summed E-state index contributed by atoms with van der Waals surface area (Å²) in [7, 11) is 0. The van der Waals surface area contributed by atoms with E-state index in [0.717, 1.165) is 11.3 Å². The van der Waals surface area contributed by atoms with Crippen LogP contribution >= 0.6 is 11.3 Å². The zero-order valence-electron chi connectivity index (χ0n) is 13.1. The van der Waals surface area contributed by atoms with Crippen molar-refractivity contribution in [3.05, 3.63) is 31.3 Å². The van der Waals surface area contributed by atoms with E-state index in [4.69, 9.17) is 4.74 Å². The number of fused-ring (bicyclic) bond motifs is 1. The van der Waals surface area contributed by atoms with Crippen molar-refractivity contribution < 1.29 is 19.4 Å². The molecule has 2 N–H and O–H groups in total. The van der Waals surface area contributed by atoms with E-state index in [1.54, 1.807) is 13.8 Å². The summed E-state index contributed by atoms with van der Waals surface area (Å²) in [5, 5.41) is 9.38. The Morgan fingerprint density at radius 1 is 1.35 bits per heavy atom. The number of nitrogens with zero attached hydrogens (tertiary/aromatic N) is 1. The molecule has 0 fully saturated rings. The van der Waals surface area contributed by atoms with Gasteiger partial charge in [-0.25, -0.2) is 19.0 Å². The fraction of sp³-hybridized carbons (Fsp3) is 0.429. The van der Waals surface area contributed by atoms with E-state index >= 15 is 0 Å². The summed E-state index contributed by atoms with van der Waals surface area (Å²) in [6, 6.07) is 0. The highest BCUT2D eigenvalue weighted by Gasteiger charge is 2.34. The minimum absolute atomic E-state index is 0.118. The molecule has 0 saturated heterocycles. The van der Waals surface area contributed by atoms with Crippen molar-refractivity contribution in [2.75, 3.05) is 6.61 Å². The normalized spacial score (nSPS) is 11.7. The first kappa shape index (κ1) is 16.9. The van der Waals surface area contributed by atoms with Crippen molar-refractivity contribution in [3.63, 3.8) is 0 Å². The van der Waals surface area contributed by atoms with Crippen molar-refractivity contribution in [2.45, 2.75) is 33.2 Å². The molecule has 8 nitrogen and oxygen atoms in total. The molecule has 23 heavy (non-hydrogen) atoms. The number of carboxylic acid groups (broad SMARTS) is 1. The number of aromatic nitrogens is 2. The standard InChI is InChI=1S/C14H16N2O6S/c1-5-22-11(18)8-6(2)7-9(23-8)15-13(21)16(10(7)17)14(3,4)12(19)20/h5H2,1-4H3,(H,15,21)(H,19,20). The van der Waals surface area contributed by atoms with E-state index in [1.165, 1.54) is 13.8 Å². The molecule has 0 aliphatic rings. The van der Waals surface area contributed by atoms with Gasteiger partial charge in [-0.3, -0.25) is 9.78 Å². The smallest absolute Gasteiger partial charge is 0.348 e. The highest BCUT2D eigenvalue weighted by Crippen LogP contribution is 2.27. The van der Waals surface area contributed by atoms with Gasteiger partial charge < -0.3 is 9.84 Å². The summed E-state index contributed by atoms with van der Waals surface area (Å²) in [6.45, 7) is 5.91. The Hall–Kier alpha value is -2.42. The lowest BCUT2D eigenvalue weighted by atomic mass is 10.1. The number of aliphatic carboxylic acids is 1. The van der Waals surface area contributed by atoms with Gasteiger partial charge in [0, 0.05) is 0 Å². The second-order valence-corrected chi connectivity index (χ2v) is 6.44. The van der Waals surface area contributed by atoms with Crippen LogP contribution in [0.25, 0.3) is 10.2 Å². The predicted octanol–water partition coefficient (Wildman–Crippen LogP) is 1.06. The number of carbonyl (C=O) groups excluding carboxylic acids is 1. The number of carboxylic acids is 1. The molecule has 2 aromatic heterocycles. The molecule has 0 spiro atoms. The summed E-state index contributed by atoms with van der Waals surface area (Å²) < 4.78 is 5.57. The Labute approximate surface area is 134 Å². The summed E-state index contributed by atoms with van der Waals surface area (Å²) in [4.78, 5) is 51.0. The van der Waals surface area contributed by atoms with Crippen LogP contribution in [0.1, 0.15) is 36.0 Å². The predicted molar refractivity (Wildman–Crippen MR) is 84.4 cm³/mol. The molecule has 0 atom stereocenters. The number of aromatic amines is 1. The Bertz CT molecular complexity index is 918. The largest absolute Gasteiger partial charge is 0.480 e. The van der Waals surface area contributed by atoms with E-state index in [-0.39, 0.29) is 21.7 Å². The lowest BCUT2D eigenvalue weighted by Gasteiger charge is -2.21. The molecule has 2 heterocycles. The van der Waals surface area contributed by atoms with Crippen LogP contribution in [0.2, 0.25) is 0 Å². The van der Waals surface area contributed by atoms with E-state index in [1.807, 2.05) is 0 Å². The van der Waals surface area contributed by atoms with Crippen LogP contribution in [-0.4, -0.2) is 33.2 Å². The number of aryl methyl sites for hydroxylation is 1. The fourth-order valence-corrected chi connectivity index (χ4v) is 3.29. The zero-order chi connectivity index (χ0) is 17.5. The van der Waals surface area contributed by atoms with Crippen molar-refractivity contribution in [3.8, 4) is 0 Å². The third-order valence-electron chi connectivity index (χ3n) is 3.53. The third kappa shape index (κ3) is 2.56. The molecule has 0 saturated carbocycles. The van der Waals surface area contributed by atoms with Crippen LogP contribution in [-0.2, 0) is 15.1 Å². The van der Waals surface area contributed by atoms with Gasteiger partial charge >= 0.3 is 17.6 Å². The van der Waals surface area contributed by atoms with Gasteiger partial charge in [0.15, 0.2) is 0 Å². The number of H-pyrrole nitrogens is 1. The molecule has 0 unspecified atom stereocenters.